The number of piperidine rings is 1. The lowest BCUT2D eigenvalue weighted by molar-refractivity contribution is -0.0372. The topological polar surface area (TPSA) is 62.2 Å². The summed E-state index contributed by atoms with van der Waals surface area (Å²) in [5.41, 5.74) is 0.0703. The third-order valence-corrected chi connectivity index (χ3v) is 5.29. The summed E-state index contributed by atoms with van der Waals surface area (Å²) in [7, 11) is 1.62. The molecule has 146 valence electrons. The van der Waals surface area contributed by atoms with Gasteiger partial charge >= 0.3 is 0 Å². The van der Waals surface area contributed by atoms with Crippen molar-refractivity contribution in [3.05, 3.63) is 59.1 Å². The van der Waals surface area contributed by atoms with E-state index in [9.17, 15) is 10.2 Å². The van der Waals surface area contributed by atoms with E-state index < -0.39 is 11.7 Å². The first-order valence-corrected chi connectivity index (χ1v) is 9.52. The van der Waals surface area contributed by atoms with Crippen molar-refractivity contribution in [3.8, 4) is 11.5 Å². The van der Waals surface area contributed by atoms with Crippen molar-refractivity contribution in [3.63, 3.8) is 0 Å². The molecule has 2 aromatic rings. The molecule has 27 heavy (non-hydrogen) atoms. The Morgan fingerprint density at radius 2 is 1.63 bits per heavy atom. The Hall–Kier alpha value is -1.79. The molecule has 0 radical (unpaired) electrons. The highest BCUT2D eigenvalue weighted by molar-refractivity contribution is 6.30. The lowest BCUT2D eigenvalue weighted by atomic mass is 9.84. The van der Waals surface area contributed by atoms with Crippen LogP contribution < -0.4 is 9.47 Å². The zero-order valence-electron chi connectivity index (χ0n) is 15.5. The average molecular weight is 392 g/mol. The molecule has 1 saturated heterocycles. The number of nitrogens with zero attached hydrogens (tertiary/aromatic N) is 1. The molecule has 1 unspecified atom stereocenters. The fraction of sp³-hybridized carbons (Fsp3) is 0.429. The van der Waals surface area contributed by atoms with Crippen LogP contribution in [0.1, 0.15) is 18.4 Å². The fourth-order valence-corrected chi connectivity index (χ4v) is 3.50. The highest BCUT2D eigenvalue weighted by Crippen LogP contribution is 2.33. The molecule has 1 heterocycles. The van der Waals surface area contributed by atoms with E-state index >= 15 is 0 Å². The SMILES string of the molecule is COc1ccc(OCC(O)CN2CCC(O)(c3ccc(Cl)cc3)CC2)cc1. The molecule has 0 bridgehead atoms. The van der Waals surface area contributed by atoms with Gasteiger partial charge in [-0.15, -0.1) is 0 Å². The number of benzene rings is 2. The minimum atomic E-state index is -0.828. The summed E-state index contributed by atoms with van der Waals surface area (Å²) >= 11 is 5.93. The highest BCUT2D eigenvalue weighted by atomic mass is 35.5. The standard InChI is InChI=1S/C21H26ClNO4/c1-26-19-6-8-20(9-7-19)27-15-18(24)14-23-12-10-21(25,11-13-23)16-2-4-17(22)5-3-16/h2-9,18,24-25H,10-15H2,1H3. The number of rotatable bonds is 7. The van der Waals surface area contributed by atoms with E-state index in [0.717, 1.165) is 24.4 Å². The van der Waals surface area contributed by atoms with Gasteiger partial charge in [0.15, 0.2) is 0 Å². The Morgan fingerprint density at radius 3 is 2.22 bits per heavy atom. The molecule has 1 atom stereocenters. The van der Waals surface area contributed by atoms with Crippen LogP contribution in [0.3, 0.4) is 0 Å². The van der Waals surface area contributed by atoms with Gasteiger partial charge in [0.05, 0.1) is 12.7 Å². The number of likely N-dealkylation sites (tertiary alicyclic amines) is 1. The third-order valence-electron chi connectivity index (χ3n) is 5.04. The van der Waals surface area contributed by atoms with Crippen molar-refractivity contribution < 1.29 is 19.7 Å². The number of halogens is 1. The summed E-state index contributed by atoms with van der Waals surface area (Å²) in [5.74, 6) is 1.47. The Labute approximate surface area is 165 Å². The van der Waals surface area contributed by atoms with Gasteiger partial charge in [0.25, 0.3) is 0 Å². The highest BCUT2D eigenvalue weighted by Gasteiger charge is 2.34. The molecule has 0 aromatic heterocycles. The van der Waals surface area contributed by atoms with Crippen molar-refractivity contribution >= 4 is 11.6 Å². The molecule has 1 fully saturated rings. The monoisotopic (exact) mass is 391 g/mol. The number of aliphatic hydroxyl groups is 2. The van der Waals surface area contributed by atoms with Gasteiger partial charge in [-0.3, -0.25) is 0 Å². The molecule has 1 aliphatic rings. The third kappa shape index (κ3) is 5.36. The zero-order chi connectivity index (χ0) is 19.3. The Kier molecular flexibility index (Phi) is 6.60. The Balaban J connectivity index is 1.44. The molecule has 0 aliphatic carbocycles. The van der Waals surface area contributed by atoms with E-state index in [1.54, 1.807) is 7.11 Å². The molecule has 0 spiro atoms. The maximum absolute atomic E-state index is 10.9. The molecule has 1 aliphatic heterocycles. The van der Waals surface area contributed by atoms with Gasteiger partial charge < -0.3 is 24.6 Å². The molecule has 5 nitrogen and oxygen atoms in total. The number of methoxy groups -OCH3 is 1. The predicted octanol–water partition coefficient (Wildman–Crippen LogP) is 3.07. The fourth-order valence-electron chi connectivity index (χ4n) is 3.37. The van der Waals surface area contributed by atoms with Crippen LogP contribution in [0.25, 0.3) is 0 Å². The second-order valence-corrected chi connectivity index (χ2v) is 7.42. The molecular weight excluding hydrogens is 366 g/mol. The molecule has 2 N–H and O–H groups in total. The molecular formula is C21H26ClNO4. The number of ether oxygens (including phenoxy) is 2. The summed E-state index contributed by atoms with van der Waals surface area (Å²) < 4.78 is 10.7. The van der Waals surface area contributed by atoms with E-state index in [2.05, 4.69) is 4.90 Å². The summed E-state index contributed by atoms with van der Waals surface area (Å²) in [5, 5.41) is 21.9. The van der Waals surface area contributed by atoms with Gasteiger partial charge in [-0.05, 0) is 54.8 Å². The van der Waals surface area contributed by atoms with Gasteiger partial charge in [-0.2, -0.15) is 0 Å². The number of β-amino-alcohol motifs (C(OH)–C–C–N with tert-alkyl or cyclic N) is 1. The molecule has 0 saturated carbocycles. The van der Waals surface area contributed by atoms with Crippen molar-refractivity contribution in [1.82, 2.24) is 4.90 Å². The van der Waals surface area contributed by atoms with Crippen LogP contribution in [0.4, 0.5) is 0 Å². The minimum absolute atomic E-state index is 0.226. The maximum Gasteiger partial charge on any atom is 0.119 e. The van der Waals surface area contributed by atoms with E-state index in [-0.39, 0.29) is 6.61 Å². The van der Waals surface area contributed by atoms with Crippen LogP contribution in [-0.2, 0) is 5.60 Å². The minimum Gasteiger partial charge on any atom is -0.497 e. The zero-order valence-corrected chi connectivity index (χ0v) is 16.2. The quantitative estimate of drug-likeness (QED) is 0.759. The van der Waals surface area contributed by atoms with E-state index in [0.29, 0.717) is 30.2 Å². The van der Waals surface area contributed by atoms with Crippen LogP contribution in [0.2, 0.25) is 5.02 Å². The first kappa shape index (κ1) is 20.0. The van der Waals surface area contributed by atoms with Crippen LogP contribution in [-0.4, -0.2) is 54.6 Å². The van der Waals surface area contributed by atoms with Gasteiger partial charge in [0.2, 0.25) is 0 Å². The first-order valence-electron chi connectivity index (χ1n) is 9.14. The summed E-state index contributed by atoms with van der Waals surface area (Å²) in [6, 6.07) is 14.7. The smallest absolute Gasteiger partial charge is 0.119 e. The molecule has 6 heteroatoms. The summed E-state index contributed by atoms with van der Waals surface area (Å²) in [4.78, 5) is 2.16. The van der Waals surface area contributed by atoms with Crippen LogP contribution in [0.5, 0.6) is 11.5 Å². The second kappa shape index (κ2) is 8.93. The summed E-state index contributed by atoms with van der Waals surface area (Å²) in [6.45, 7) is 2.19. The van der Waals surface area contributed by atoms with Crippen LogP contribution in [0, 0.1) is 0 Å². The second-order valence-electron chi connectivity index (χ2n) is 6.98. The number of hydrogen-bond donors (Lipinski definition) is 2. The van der Waals surface area contributed by atoms with Gasteiger partial charge in [-0.1, -0.05) is 23.7 Å². The van der Waals surface area contributed by atoms with Crippen molar-refractivity contribution in [1.29, 1.82) is 0 Å². The van der Waals surface area contributed by atoms with Gasteiger partial charge in [0, 0.05) is 24.7 Å². The lowest BCUT2D eigenvalue weighted by Gasteiger charge is -2.39. The van der Waals surface area contributed by atoms with Crippen LogP contribution in [0.15, 0.2) is 48.5 Å². The molecule has 0 amide bonds. The Bertz CT molecular complexity index is 712. The van der Waals surface area contributed by atoms with Gasteiger partial charge in [0.1, 0.15) is 24.2 Å². The largest absolute Gasteiger partial charge is 0.497 e. The average Bonchev–Trinajstić information content (AvgIpc) is 2.69. The van der Waals surface area contributed by atoms with Crippen molar-refractivity contribution in [2.75, 3.05) is 33.4 Å². The van der Waals surface area contributed by atoms with Crippen molar-refractivity contribution in [2.24, 2.45) is 0 Å². The Morgan fingerprint density at radius 1 is 1.04 bits per heavy atom. The number of hydrogen-bond acceptors (Lipinski definition) is 5. The van der Waals surface area contributed by atoms with E-state index in [1.165, 1.54) is 0 Å². The van der Waals surface area contributed by atoms with E-state index in [1.807, 2.05) is 48.5 Å². The van der Waals surface area contributed by atoms with Gasteiger partial charge in [-0.25, -0.2) is 0 Å². The maximum atomic E-state index is 10.9. The normalized spacial score (nSPS) is 18.1. The van der Waals surface area contributed by atoms with Crippen LogP contribution >= 0.6 is 11.6 Å². The first-order chi connectivity index (χ1) is 13.0. The van der Waals surface area contributed by atoms with Crippen molar-refractivity contribution in [2.45, 2.75) is 24.5 Å². The molecule has 3 rings (SSSR count). The summed E-state index contributed by atoms with van der Waals surface area (Å²) in [6.07, 6.45) is 0.662. The number of aliphatic hydroxyl groups excluding tert-OH is 1. The molecule has 2 aromatic carbocycles. The lowest BCUT2D eigenvalue weighted by Crippen LogP contribution is -2.46. The predicted molar refractivity (Wildman–Crippen MR) is 106 cm³/mol. The van der Waals surface area contributed by atoms with E-state index in [4.69, 9.17) is 21.1 Å².